The van der Waals surface area contributed by atoms with Gasteiger partial charge in [0.05, 0.1) is 20.8 Å². The minimum absolute atomic E-state index is 0. The van der Waals surface area contributed by atoms with Gasteiger partial charge in [-0.1, -0.05) is 26.0 Å². The van der Waals surface area contributed by atoms with E-state index in [0.717, 1.165) is 11.3 Å². The quantitative estimate of drug-likeness (QED) is 0.376. The van der Waals surface area contributed by atoms with Crippen LogP contribution in [0.2, 0.25) is 0 Å². The molecule has 0 unspecified atom stereocenters. The van der Waals surface area contributed by atoms with Crippen molar-refractivity contribution in [3.63, 3.8) is 0 Å². The largest absolute Gasteiger partial charge is 0.493 e. The van der Waals surface area contributed by atoms with E-state index in [4.69, 9.17) is 15.2 Å². The lowest BCUT2D eigenvalue weighted by molar-refractivity contribution is 0.355. The third-order valence-electron chi connectivity index (χ3n) is 3.93. The van der Waals surface area contributed by atoms with Crippen molar-refractivity contribution in [3.05, 3.63) is 53.8 Å². The van der Waals surface area contributed by atoms with Crippen molar-refractivity contribution in [2.24, 2.45) is 10.7 Å². The molecule has 142 valence electrons. The van der Waals surface area contributed by atoms with Crippen molar-refractivity contribution in [2.75, 3.05) is 26.1 Å². The van der Waals surface area contributed by atoms with Crippen LogP contribution in [0.1, 0.15) is 19.4 Å². The van der Waals surface area contributed by atoms with Crippen LogP contribution in [0.5, 0.6) is 11.5 Å². The van der Waals surface area contributed by atoms with E-state index >= 15 is 0 Å². The standard InChI is InChI=1S/C19H24FN3O2.HI/c1-19(2,13-5-7-14(20)8-6-13)12-22-18(21)23-15-9-10-16(24-3)17(11-15)25-4;/h5-11H,12H2,1-4H3,(H3,21,22,23);1H. The van der Waals surface area contributed by atoms with Gasteiger partial charge in [0, 0.05) is 17.2 Å². The summed E-state index contributed by atoms with van der Waals surface area (Å²) in [6, 6.07) is 11.8. The van der Waals surface area contributed by atoms with E-state index in [1.807, 2.05) is 19.9 Å². The first-order chi connectivity index (χ1) is 11.9. The lowest BCUT2D eigenvalue weighted by Crippen LogP contribution is -2.27. The molecule has 0 aromatic heterocycles. The summed E-state index contributed by atoms with van der Waals surface area (Å²) in [6.07, 6.45) is 0. The first-order valence-corrected chi connectivity index (χ1v) is 7.91. The number of ether oxygens (including phenoxy) is 2. The Morgan fingerprint density at radius 3 is 2.27 bits per heavy atom. The molecule has 2 aromatic carbocycles. The van der Waals surface area contributed by atoms with E-state index in [2.05, 4.69) is 10.3 Å². The summed E-state index contributed by atoms with van der Waals surface area (Å²) in [4.78, 5) is 4.41. The fourth-order valence-corrected chi connectivity index (χ4v) is 2.38. The monoisotopic (exact) mass is 473 g/mol. The van der Waals surface area contributed by atoms with Crippen molar-refractivity contribution in [1.29, 1.82) is 0 Å². The first kappa shape index (κ1) is 22.0. The van der Waals surface area contributed by atoms with Gasteiger partial charge in [-0.25, -0.2) is 4.39 Å². The molecule has 0 aliphatic rings. The Balaban J connectivity index is 0.00000338. The van der Waals surface area contributed by atoms with Gasteiger partial charge in [-0.15, -0.1) is 24.0 Å². The minimum atomic E-state index is -0.266. The molecule has 3 N–H and O–H groups in total. The number of guanidine groups is 1. The van der Waals surface area contributed by atoms with Crippen LogP contribution < -0.4 is 20.5 Å². The highest BCUT2D eigenvalue weighted by atomic mass is 127. The summed E-state index contributed by atoms with van der Waals surface area (Å²) >= 11 is 0. The summed E-state index contributed by atoms with van der Waals surface area (Å²) < 4.78 is 23.5. The van der Waals surface area contributed by atoms with Gasteiger partial charge >= 0.3 is 0 Å². The average Bonchev–Trinajstić information content (AvgIpc) is 2.60. The molecule has 26 heavy (non-hydrogen) atoms. The smallest absolute Gasteiger partial charge is 0.193 e. The summed E-state index contributed by atoms with van der Waals surface area (Å²) in [5, 5.41) is 3.03. The maximum absolute atomic E-state index is 13.1. The maximum atomic E-state index is 13.1. The normalized spacial score (nSPS) is 11.5. The fourth-order valence-electron chi connectivity index (χ4n) is 2.38. The van der Waals surface area contributed by atoms with Crippen LogP contribution in [0.25, 0.3) is 0 Å². The van der Waals surface area contributed by atoms with Gasteiger partial charge < -0.3 is 20.5 Å². The van der Waals surface area contributed by atoms with Gasteiger partial charge in [-0.05, 0) is 29.8 Å². The summed E-state index contributed by atoms with van der Waals surface area (Å²) in [6.45, 7) is 4.53. The minimum Gasteiger partial charge on any atom is -0.493 e. The number of methoxy groups -OCH3 is 2. The number of hydrogen-bond acceptors (Lipinski definition) is 3. The average molecular weight is 473 g/mol. The molecule has 7 heteroatoms. The zero-order chi connectivity index (χ0) is 18.4. The molecule has 0 aliphatic heterocycles. The zero-order valence-corrected chi connectivity index (χ0v) is 17.7. The molecular formula is C19H25FIN3O2. The maximum Gasteiger partial charge on any atom is 0.193 e. The summed E-state index contributed by atoms with van der Waals surface area (Å²) in [7, 11) is 3.16. The number of anilines is 1. The molecule has 0 saturated carbocycles. The van der Waals surface area contributed by atoms with Gasteiger partial charge in [-0.2, -0.15) is 0 Å². The molecule has 0 spiro atoms. The van der Waals surface area contributed by atoms with Gasteiger partial charge in [0.25, 0.3) is 0 Å². The Morgan fingerprint density at radius 2 is 1.69 bits per heavy atom. The number of nitrogens with zero attached hydrogens (tertiary/aromatic N) is 1. The highest BCUT2D eigenvalue weighted by Gasteiger charge is 2.20. The third-order valence-corrected chi connectivity index (χ3v) is 3.93. The third kappa shape index (κ3) is 5.76. The van der Waals surface area contributed by atoms with Crippen LogP contribution in [-0.4, -0.2) is 26.7 Å². The molecule has 0 bridgehead atoms. The van der Waals surface area contributed by atoms with Crippen LogP contribution in [0.3, 0.4) is 0 Å². The van der Waals surface area contributed by atoms with Crippen LogP contribution >= 0.6 is 24.0 Å². The lowest BCUT2D eigenvalue weighted by Gasteiger charge is -2.23. The predicted octanol–water partition coefficient (Wildman–Crippen LogP) is 4.17. The Kier molecular flexibility index (Phi) is 8.13. The topological polar surface area (TPSA) is 68.9 Å². The molecule has 2 aromatic rings. The molecule has 5 nitrogen and oxygen atoms in total. The number of nitrogens with two attached hydrogens (primary N) is 1. The Morgan fingerprint density at radius 1 is 1.08 bits per heavy atom. The van der Waals surface area contributed by atoms with Crippen LogP contribution in [0.15, 0.2) is 47.5 Å². The van der Waals surface area contributed by atoms with Crippen molar-refractivity contribution in [1.82, 2.24) is 0 Å². The second-order valence-electron chi connectivity index (χ2n) is 6.29. The van der Waals surface area contributed by atoms with E-state index in [0.29, 0.717) is 24.0 Å². The van der Waals surface area contributed by atoms with Crippen LogP contribution in [0, 0.1) is 5.82 Å². The van der Waals surface area contributed by atoms with Gasteiger partial charge in [0.2, 0.25) is 0 Å². The number of nitrogens with one attached hydrogen (secondary N) is 1. The van der Waals surface area contributed by atoms with Crippen LogP contribution in [0.4, 0.5) is 10.1 Å². The number of hydrogen-bond donors (Lipinski definition) is 2. The first-order valence-electron chi connectivity index (χ1n) is 7.91. The second kappa shape index (κ2) is 9.61. The number of rotatable bonds is 6. The number of benzene rings is 2. The molecule has 0 heterocycles. The molecule has 0 amide bonds. The fraction of sp³-hybridized carbons (Fsp3) is 0.316. The SMILES string of the molecule is COc1ccc(NC(N)=NCC(C)(C)c2ccc(F)cc2)cc1OC.I. The molecule has 0 saturated heterocycles. The van der Waals surface area contributed by atoms with E-state index < -0.39 is 0 Å². The molecule has 0 radical (unpaired) electrons. The number of aliphatic imine (C=N–C) groups is 1. The highest BCUT2D eigenvalue weighted by Crippen LogP contribution is 2.29. The van der Waals surface area contributed by atoms with E-state index in [-0.39, 0.29) is 35.2 Å². The Bertz CT molecular complexity index is 749. The molecule has 0 atom stereocenters. The predicted molar refractivity (Wildman–Crippen MR) is 114 cm³/mol. The van der Waals surface area contributed by atoms with Crippen molar-refractivity contribution < 1.29 is 13.9 Å². The Labute approximate surface area is 170 Å². The van der Waals surface area contributed by atoms with Crippen molar-refractivity contribution in [2.45, 2.75) is 19.3 Å². The van der Waals surface area contributed by atoms with Crippen LogP contribution in [-0.2, 0) is 5.41 Å². The van der Waals surface area contributed by atoms with Gasteiger partial charge in [0.1, 0.15) is 5.82 Å². The zero-order valence-electron chi connectivity index (χ0n) is 15.4. The van der Waals surface area contributed by atoms with Gasteiger partial charge in [-0.3, -0.25) is 4.99 Å². The number of halogens is 2. The molecular weight excluding hydrogens is 448 g/mol. The summed E-state index contributed by atoms with van der Waals surface area (Å²) in [5.74, 6) is 1.29. The molecule has 0 fully saturated rings. The second-order valence-corrected chi connectivity index (χ2v) is 6.29. The van der Waals surface area contributed by atoms with Crippen molar-refractivity contribution in [3.8, 4) is 11.5 Å². The molecule has 2 rings (SSSR count). The van der Waals surface area contributed by atoms with Gasteiger partial charge in [0.15, 0.2) is 17.5 Å². The molecule has 0 aliphatic carbocycles. The summed E-state index contributed by atoms with van der Waals surface area (Å²) in [5.41, 5.74) is 7.46. The van der Waals surface area contributed by atoms with E-state index in [1.165, 1.54) is 12.1 Å². The van der Waals surface area contributed by atoms with Crippen molar-refractivity contribution >= 4 is 35.6 Å². The Hall–Kier alpha value is -2.03. The van der Waals surface area contributed by atoms with E-state index in [1.54, 1.807) is 38.5 Å². The highest BCUT2D eigenvalue weighted by molar-refractivity contribution is 14.0. The lowest BCUT2D eigenvalue weighted by atomic mass is 9.85. The van der Waals surface area contributed by atoms with E-state index in [9.17, 15) is 4.39 Å².